The summed E-state index contributed by atoms with van der Waals surface area (Å²) in [7, 11) is 0. The highest BCUT2D eigenvalue weighted by Crippen LogP contribution is 2.32. The van der Waals surface area contributed by atoms with Gasteiger partial charge in [0, 0.05) is 6.54 Å². The molecule has 6 heteroatoms. The van der Waals surface area contributed by atoms with Crippen LogP contribution in [0.5, 0.6) is 0 Å². The minimum atomic E-state index is -0.742. The Bertz CT molecular complexity index is 475. The number of hydrogen-bond acceptors (Lipinski definition) is 3. The van der Waals surface area contributed by atoms with E-state index in [-0.39, 0.29) is 24.2 Å². The first kappa shape index (κ1) is 16.5. The largest absolute Gasteiger partial charge is 0.350 e. The summed E-state index contributed by atoms with van der Waals surface area (Å²) >= 11 is 0. The van der Waals surface area contributed by atoms with Crippen molar-refractivity contribution in [3.63, 3.8) is 0 Å². The number of amides is 2. The van der Waals surface area contributed by atoms with Gasteiger partial charge in [0.2, 0.25) is 11.8 Å². The molecule has 4 N–H and O–H groups in total. The molecule has 0 heterocycles. The molecule has 1 aliphatic carbocycles. The quantitative estimate of drug-likeness (QED) is 0.749. The Hall–Kier alpha value is -1.59. The summed E-state index contributed by atoms with van der Waals surface area (Å²) in [5.41, 5.74) is 6.04. The molecule has 1 aliphatic rings. The Morgan fingerprint density at radius 1 is 1.30 bits per heavy atom. The third-order valence-corrected chi connectivity index (χ3v) is 3.29. The normalized spacial score (nSPS) is 16.5. The maximum atomic E-state index is 11.8. The van der Waals surface area contributed by atoms with Crippen molar-refractivity contribution in [3.05, 3.63) is 35.9 Å². The number of carbonyl (C=O) groups excluding carboxylic acids is 2. The Morgan fingerprint density at radius 3 is 2.45 bits per heavy atom. The van der Waals surface area contributed by atoms with Crippen LogP contribution in [0.2, 0.25) is 0 Å². The summed E-state index contributed by atoms with van der Waals surface area (Å²) < 4.78 is 0. The molecular formula is C14H20ClN3O2. The summed E-state index contributed by atoms with van der Waals surface area (Å²) in [6.07, 6.45) is 1.38. The molecule has 2 amide bonds. The monoisotopic (exact) mass is 297 g/mol. The third-order valence-electron chi connectivity index (χ3n) is 3.29. The number of rotatable bonds is 5. The zero-order chi connectivity index (χ0) is 13.9. The number of carbonyl (C=O) groups is 2. The van der Waals surface area contributed by atoms with Crippen LogP contribution in [0, 0.1) is 0 Å². The van der Waals surface area contributed by atoms with Gasteiger partial charge < -0.3 is 16.4 Å². The maximum absolute atomic E-state index is 11.8. The van der Waals surface area contributed by atoms with Gasteiger partial charge in [-0.2, -0.15) is 0 Å². The highest BCUT2D eigenvalue weighted by Gasteiger charge is 2.46. The fourth-order valence-corrected chi connectivity index (χ4v) is 1.71. The molecule has 5 nitrogen and oxygen atoms in total. The van der Waals surface area contributed by atoms with Crippen molar-refractivity contribution in [3.8, 4) is 0 Å². The van der Waals surface area contributed by atoms with E-state index in [4.69, 9.17) is 5.73 Å². The van der Waals surface area contributed by atoms with Crippen LogP contribution in [-0.4, -0.2) is 23.4 Å². The van der Waals surface area contributed by atoms with E-state index in [0.717, 1.165) is 5.56 Å². The van der Waals surface area contributed by atoms with E-state index >= 15 is 0 Å². The minimum Gasteiger partial charge on any atom is -0.350 e. The molecule has 0 saturated heterocycles. The molecule has 110 valence electrons. The number of nitrogens with two attached hydrogens (primary N) is 1. The smallest absolute Gasteiger partial charge is 0.242 e. The molecule has 1 saturated carbocycles. The third kappa shape index (κ3) is 4.21. The van der Waals surface area contributed by atoms with Gasteiger partial charge in [-0.05, 0) is 25.3 Å². The van der Waals surface area contributed by atoms with Gasteiger partial charge in [-0.15, -0.1) is 12.4 Å². The maximum Gasteiger partial charge on any atom is 0.242 e. The first-order chi connectivity index (χ1) is 9.01. The molecule has 1 aromatic rings. The van der Waals surface area contributed by atoms with Gasteiger partial charge >= 0.3 is 0 Å². The lowest BCUT2D eigenvalue weighted by atomic mass is 10.2. The second-order valence-electron chi connectivity index (χ2n) is 5.05. The van der Waals surface area contributed by atoms with Gasteiger partial charge in [0.15, 0.2) is 0 Å². The fraction of sp³-hybridized carbons (Fsp3) is 0.429. The van der Waals surface area contributed by atoms with E-state index in [1.54, 1.807) is 6.92 Å². The molecule has 1 aromatic carbocycles. The van der Waals surface area contributed by atoms with Crippen LogP contribution in [0.3, 0.4) is 0 Å². The lowest BCUT2D eigenvalue weighted by Crippen LogP contribution is -2.51. The summed E-state index contributed by atoms with van der Waals surface area (Å²) in [4.78, 5) is 23.5. The average molecular weight is 298 g/mol. The first-order valence-corrected chi connectivity index (χ1v) is 6.43. The Kier molecular flexibility index (Phi) is 5.53. The summed E-state index contributed by atoms with van der Waals surface area (Å²) in [5, 5.41) is 5.42. The van der Waals surface area contributed by atoms with Crippen LogP contribution >= 0.6 is 12.4 Å². The highest BCUT2D eigenvalue weighted by atomic mass is 35.5. The van der Waals surface area contributed by atoms with Gasteiger partial charge in [0.1, 0.15) is 6.04 Å². The van der Waals surface area contributed by atoms with E-state index in [1.807, 2.05) is 30.3 Å². The van der Waals surface area contributed by atoms with Crippen molar-refractivity contribution in [1.29, 1.82) is 0 Å². The number of hydrogen-bond donors (Lipinski definition) is 3. The minimum absolute atomic E-state index is 0. The molecule has 0 spiro atoms. The molecule has 1 atom stereocenters. The lowest BCUT2D eigenvalue weighted by Gasteiger charge is -2.16. The second kappa shape index (κ2) is 6.72. The van der Waals surface area contributed by atoms with E-state index in [9.17, 15) is 9.59 Å². The lowest BCUT2D eigenvalue weighted by molar-refractivity contribution is -0.129. The van der Waals surface area contributed by atoms with Crippen molar-refractivity contribution in [2.45, 2.75) is 37.9 Å². The van der Waals surface area contributed by atoms with Gasteiger partial charge in [-0.1, -0.05) is 30.3 Å². The van der Waals surface area contributed by atoms with Crippen LogP contribution in [0.1, 0.15) is 25.3 Å². The number of halogens is 1. The van der Waals surface area contributed by atoms with Crippen molar-refractivity contribution in [2.75, 3.05) is 0 Å². The predicted octanol–water partition coefficient (Wildman–Crippen LogP) is 0.721. The molecule has 0 aromatic heterocycles. The molecular weight excluding hydrogens is 278 g/mol. The van der Waals surface area contributed by atoms with Gasteiger partial charge in [0.25, 0.3) is 0 Å². The van der Waals surface area contributed by atoms with Gasteiger partial charge in [-0.3, -0.25) is 9.59 Å². The average Bonchev–Trinajstić information content (AvgIpc) is 3.16. The standard InChI is InChI=1S/C14H19N3O2.ClH/c1-10(17-13(19)14(15)7-8-14)12(18)16-9-11-5-3-2-4-6-11;/h2-6,10H,7-9,15H2,1H3,(H,16,18)(H,17,19);1H. The molecule has 0 aliphatic heterocycles. The Labute approximate surface area is 124 Å². The molecule has 0 radical (unpaired) electrons. The molecule has 1 unspecified atom stereocenters. The summed E-state index contributed by atoms with van der Waals surface area (Å²) in [6.45, 7) is 2.11. The molecule has 2 rings (SSSR count). The van der Waals surface area contributed by atoms with Crippen molar-refractivity contribution in [1.82, 2.24) is 10.6 Å². The van der Waals surface area contributed by atoms with E-state index < -0.39 is 11.6 Å². The van der Waals surface area contributed by atoms with E-state index in [0.29, 0.717) is 19.4 Å². The van der Waals surface area contributed by atoms with Crippen LogP contribution in [-0.2, 0) is 16.1 Å². The zero-order valence-electron chi connectivity index (χ0n) is 11.4. The molecule has 20 heavy (non-hydrogen) atoms. The van der Waals surface area contributed by atoms with Gasteiger partial charge in [-0.25, -0.2) is 0 Å². The van der Waals surface area contributed by atoms with Crippen molar-refractivity contribution >= 4 is 24.2 Å². The van der Waals surface area contributed by atoms with Crippen LogP contribution in [0.25, 0.3) is 0 Å². The predicted molar refractivity (Wildman–Crippen MR) is 79.3 cm³/mol. The van der Waals surface area contributed by atoms with E-state index in [2.05, 4.69) is 10.6 Å². The van der Waals surface area contributed by atoms with Crippen LogP contribution in [0.15, 0.2) is 30.3 Å². The zero-order valence-corrected chi connectivity index (χ0v) is 12.2. The summed E-state index contributed by atoms with van der Waals surface area (Å²) in [5.74, 6) is -0.448. The summed E-state index contributed by atoms with van der Waals surface area (Å²) in [6, 6.07) is 9.04. The van der Waals surface area contributed by atoms with Gasteiger partial charge in [0.05, 0.1) is 5.54 Å². The SMILES string of the molecule is CC(NC(=O)C1(N)CC1)C(=O)NCc1ccccc1.Cl. The van der Waals surface area contributed by atoms with Crippen molar-refractivity contribution < 1.29 is 9.59 Å². The molecule has 1 fully saturated rings. The topological polar surface area (TPSA) is 84.2 Å². The van der Waals surface area contributed by atoms with Crippen LogP contribution in [0.4, 0.5) is 0 Å². The van der Waals surface area contributed by atoms with Crippen LogP contribution < -0.4 is 16.4 Å². The fourth-order valence-electron chi connectivity index (χ4n) is 1.71. The first-order valence-electron chi connectivity index (χ1n) is 6.43. The molecule has 0 bridgehead atoms. The Morgan fingerprint density at radius 2 is 1.90 bits per heavy atom. The number of nitrogens with one attached hydrogen (secondary N) is 2. The van der Waals surface area contributed by atoms with E-state index in [1.165, 1.54) is 0 Å². The Balaban J connectivity index is 0.00000200. The second-order valence-corrected chi connectivity index (χ2v) is 5.05. The van der Waals surface area contributed by atoms with Crippen molar-refractivity contribution in [2.24, 2.45) is 5.73 Å². The number of benzene rings is 1. The highest BCUT2D eigenvalue weighted by molar-refractivity contribution is 5.93.